The number of hydrogen-bond donors (Lipinski definition) is 2. The van der Waals surface area contributed by atoms with Crippen LogP contribution in [0, 0.1) is 6.92 Å². The van der Waals surface area contributed by atoms with E-state index in [1.54, 1.807) is 0 Å². The van der Waals surface area contributed by atoms with Crippen molar-refractivity contribution in [1.29, 1.82) is 0 Å². The first kappa shape index (κ1) is 10.4. The molecule has 0 bridgehead atoms. The largest absolute Gasteiger partial charge is 0.436 e. The van der Waals surface area contributed by atoms with Crippen LogP contribution in [0.5, 0.6) is 0 Å². The number of benzene rings is 1. The molecule has 0 aliphatic carbocycles. The minimum Gasteiger partial charge on any atom is -0.356 e. The molecule has 2 aromatic rings. The van der Waals surface area contributed by atoms with Crippen molar-refractivity contribution in [3.05, 3.63) is 30.0 Å². The van der Waals surface area contributed by atoms with Crippen LogP contribution in [0.3, 0.4) is 0 Å². The minimum atomic E-state index is 0.0118. The quantitative estimate of drug-likeness (QED) is 0.408. The van der Waals surface area contributed by atoms with Gasteiger partial charge in [-0.2, -0.15) is 0 Å². The predicted octanol–water partition coefficient (Wildman–Crippen LogP) is 0.273. The normalized spacial score (nSPS) is 10.4. The minimum absolute atomic E-state index is 0.0118. The molecule has 5 nitrogen and oxygen atoms in total. The van der Waals surface area contributed by atoms with Crippen molar-refractivity contribution in [2.45, 2.75) is 6.92 Å². The topological polar surface area (TPSA) is 81.2 Å². The Morgan fingerprint density at radius 1 is 1.31 bits per heavy atom. The Morgan fingerprint density at radius 3 is 2.69 bits per heavy atom. The van der Waals surface area contributed by atoms with Gasteiger partial charge in [-0.15, -0.1) is 0 Å². The second-order valence-electron chi connectivity index (χ2n) is 3.61. The summed E-state index contributed by atoms with van der Waals surface area (Å²) in [6.07, 6.45) is 0. The van der Waals surface area contributed by atoms with Gasteiger partial charge in [0.15, 0.2) is 0 Å². The molecule has 0 aliphatic rings. The molecule has 0 atom stereocenters. The number of aliphatic imine (C=N–C) groups is 1. The Hall–Kier alpha value is -2.17. The van der Waals surface area contributed by atoms with Crippen LogP contribution < -0.4 is 16.0 Å². The molecule has 0 spiro atoms. The van der Waals surface area contributed by atoms with E-state index in [0.29, 0.717) is 5.95 Å². The fraction of sp³-hybridized carbons (Fsp3) is 0.182. The maximum atomic E-state index is 5.36. The highest BCUT2D eigenvalue weighted by Gasteiger charge is 2.15. The number of rotatable bonds is 1. The summed E-state index contributed by atoms with van der Waals surface area (Å²) in [6, 6.07) is 7.99. The molecule has 16 heavy (non-hydrogen) atoms. The Kier molecular flexibility index (Phi) is 2.44. The molecule has 2 rings (SSSR count). The summed E-state index contributed by atoms with van der Waals surface area (Å²) >= 11 is 0. The summed E-state index contributed by atoms with van der Waals surface area (Å²) in [7, 11) is 1.89. The number of aromatic nitrogens is 2. The maximum Gasteiger partial charge on any atom is 0.436 e. The van der Waals surface area contributed by atoms with Crippen LogP contribution in [0.15, 0.2) is 29.3 Å². The fourth-order valence-electron chi connectivity index (χ4n) is 1.68. The van der Waals surface area contributed by atoms with Gasteiger partial charge in [0.05, 0.1) is 12.4 Å². The van der Waals surface area contributed by atoms with Crippen LogP contribution >= 0.6 is 0 Å². The van der Waals surface area contributed by atoms with Crippen molar-refractivity contribution in [3.63, 3.8) is 0 Å². The molecule has 1 aromatic carbocycles. The van der Waals surface area contributed by atoms with Gasteiger partial charge >= 0.3 is 5.95 Å². The number of aryl methyl sites for hydroxylation is 2. The average Bonchev–Trinajstić information content (AvgIpc) is 2.25. The summed E-state index contributed by atoms with van der Waals surface area (Å²) in [5, 5.41) is 1.10. The third-order valence-electron chi connectivity index (χ3n) is 2.45. The third kappa shape index (κ3) is 1.67. The van der Waals surface area contributed by atoms with Gasteiger partial charge in [-0.05, 0) is 24.0 Å². The molecule has 0 saturated carbocycles. The lowest BCUT2D eigenvalue weighted by Gasteiger charge is -2.02. The first-order valence-corrected chi connectivity index (χ1v) is 4.94. The zero-order valence-electron chi connectivity index (χ0n) is 9.31. The molecule has 0 saturated heterocycles. The Morgan fingerprint density at radius 2 is 2.00 bits per heavy atom. The lowest BCUT2D eigenvalue weighted by molar-refractivity contribution is -0.634. The SMILES string of the molecule is Cc1nc(N=C(N)N)[n+](C)c2ccccc12. The molecule has 0 radical (unpaired) electrons. The monoisotopic (exact) mass is 216 g/mol. The van der Waals surface area contributed by atoms with Crippen molar-refractivity contribution in [2.24, 2.45) is 23.5 Å². The van der Waals surface area contributed by atoms with Gasteiger partial charge in [0.1, 0.15) is 11.2 Å². The van der Waals surface area contributed by atoms with E-state index >= 15 is 0 Å². The van der Waals surface area contributed by atoms with E-state index in [9.17, 15) is 0 Å². The average molecular weight is 216 g/mol. The van der Waals surface area contributed by atoms with E-state index in [0.717, 1.165) is 16.6 Å². The molecular weight excluding hydrogens is 202 g/mol. The highest BCUT2D eigenvalue weighted by Crippen LogP contribution is 2.15. The first-order chi connectivity index (χ1) is 7.59. The summed E-state index contributed by atoms with van der Waals surface area (Å²) in [5.41, 5.74) is 12.7. The Balaban J connectivity index is 2.80. The molecule has 4 N–H and O–H groups in total. The van der Waals surface area contributed by atoms with Gasteiger partial charge in [0.2, 0.25) is 0 Å². The van der Waals surface area contributed by atoms with E-state index in [-0.39, 0.29) is 5.96 Å². The second-order valence-corrected chi connectivity index (χ2v) is 3.61. The number of hydrogen-bond acceptors (Lipinski definition) is 2. The number of para-hydroxylation sites is 1. The Bertz CT molecular complexity index is 570. The molecule has 0 fully saturated rings. The van der Waals surface area contributed by atoms with Gasteiger partial charge in [-0.1, -0.05) is 17.1 Å². The van der Waals surface area contributed by atoms with Gasteiger partial charge in [0, 0.05) is 0 Å². The number of guanidine groups is 1. The highest BCUT2D eigenvalue weighted by molar-refractivity contribution is 5.80. The Labute approximate surface area is 93.4 Å². The van der Waals surface area contributed by atoms with Gasteiger partial charge in [-0.25, -0.2) is 4.57 Å². The fourth-order valence-corrected chi connectivity index (χ4v) is 1.68. The van der Waals surface area contributed by atoms with E-state index in [2.05, 4.69) is 9.98 Å². The van der Waals surface area contributed by atoms with Crippen molar-refractivity contribution in [1.82, 2.24) is 4.98 Å². The zero-order valence-corrected chi connectivity index (χ0v) is 9.31. The van der Waals surface area contributed by atoms with Crippen molar-refractivity contribution in [3.8, 4) is 0 Å². The van der Waals surface area contributed by atoms with Crippen molar-refractivity contribution < 1.29 is 4.57 Å². The summed E-state index contributed by atoms with van der Waals surface area (Å²) in [6.45, 7) is 1.94. The van der Waals surface area contributed by atoms with Gasteiger partial charge in [-0.3, -0.25) is 0 Å². The molecule has 82 valence electrons. The molecular formula is C11H14N5+. The van der Waals surface area contributed by atoms with E-state index in [1.165, 1.54) is 0 Å². The third-order valence-corrected chi connectivity index (χ3v) is 2.45. The van der Waals surface area contributed by atoms with Crippen molar-refractivity contribution >= 4 is 22.8 Å². The second kappa shape index (κ2) is 3.77. The van der Waals surface area contributed by atoms with Crippen LogP contribution in [0.4, 0.5) is 5.95 Å². The predicted molar refractivity (Wildman–Crippen MR) is 63.1 cm³/mol. The van der Waals surface area contributed by atoms with Crippen LogP contribution in [0.2, 0.25) is 0 Å². The molecule has 0 unspecified atom stereocenters. The maximum absolute atomic E-state index is 5.36. The summed E-state index contributed by atoms with van der Waals surface area (Å²) < 4.78 is 1.86. The first-order valence-electron chi connectivity index (χ1n) is 4.94. The highest BCUT2D eigenvalue weighted by atomic mass is 15.2. The summed E-state index contributed by atoms with van der Waals surface area (Å²) in [5.74, 6) is 0.522. The van der Waals surface area contributed by atoms with E-state index in [4.69, 9.17) is 11.5 Å². The molecule has 1 aromatic heterocycles. The number of fused-ring (bicyclic) bond motifs is 1. The van der Waals surface area contributed by atoms with Crippen molar-refractivity contribution in [2.75, 3.05) is 0 Å². The smallest absolute Gasteiger partial charge is 0.356 e. The van der Waals surface area contributed by atoms with Gasteiger partial charge < -0.3 is 11.5 Å². The number of nitrogens with zero attached hydrogens (tertiary/aromatic N) is 3. The van der Waals surface area contributed by atoms with E-state index < -0.39 is 0 Å². The van der Waals surface area contributed by atoms with Crippen LogP contribution in [-0.2, 0) is 7.05 Å². The van der Waals surface area contributed by atoms with Crippen LogP contribution in [0.25, 0.3) is 10.9 Å². The molecule has 0 amide bonds. The summed E-state index contributed by atoms with van der Waals surface area (Å²) in [4.78, 5) is 8.35. The molecule has 5 heteroatoms. The zero-order chi connectivity index (χ0) is 11.7. The standard InChI is InChI=1S/C11H13N5/c1-7-8-5-3-4-6-9(8)16(2)11(14-7)15-10(12)13/h3-6H,1-2H3,(H3,12,13)/p+1. The lowest BCUT2D eigenvalue weighted by atomic mass is 10.2. The van der Waals surface area contributed by atoms with Crippen LogP contribution in [-0.4, -0.2) is 10.9 Å². The molecule has 0 aliphatic heterocycles. The van der Waals surface area contributed by atoms with Gasteiger partial charge in [0.25, 0.3) is 5.96 Å². The lowest BCUT2D eigenvalue weighted by Crippen LogP contribution is -2.33. The number of nitrogens with two attached hydrogens (primary N) is 2. The van der Waals surface area contributed by atoms with Crippen LogP contribution in [0.1, 0.15) is 5.69 Å². The molecule has 1 heterocycles. The van der Waals surface area contributed by atoms with E-state index in [1.807, 2.05) is 42.8 Å².